The Morgan fingerprint density at radius 1 is 1.17 bits per heavy atom. The van der Waals surface area contributed by atoms with Crippen LogP contribution in [0, 0.1) is 11.3 Å². The third-order valence-electron chi connectivity index (χ3n) is 4.79. The van der Waals surface area contributed by atoms with E-state index in [9.17, 15) is 4.79 Å². The molecule has 0 bridgehead atoms. The van der Waals surface area contributed by atoms with Gasteiger partial charge in [-0.05, 0) is 48.0 Å². The lowest BCUT2D eigenvalue weighted by molar-refractivity contribution is 0.0993. The third-order valence-corrected chi connectivity index (χ3v) is 4.79. The summed E-state index contributed by atoms with van der Waals surface area (Å²) in [6.45, 7) is 0.433. The van der Waals surface area contributed by atoms with Crippen molar-refractivity contribution in [1.82, 2.24) is 14.6 Å². The Labute approximate surface area is 167 Å². The summed E-state index contributed by atoms with van der Waals surface area (Å²) in [7, 11) is 1.71. The smallest absolute Gasteiger partial charge is 0.258 e. The molecule has 0 radical (unpaired) electrons. The predicted molar refractivity (Wildman–Crippen MR) is 110 cm³/mol. The first-order valence-electron chi connectivity index (χ1n) is 9.01. The minimum Gasteiger partial charge on any atom is -0.326 e. The van der Waals surface area contributed by atoms with E-state index in [4.69, 9.17) is 11.0 Å². The fourth-order valence-corrected chi connectivity index (χ4v) is 3.09. The molecule has 3 heterocycles. The molecule has 4 aromatic rings. The van der Waals surface area contributed by atoms with Crippen LogP contribution < -0.4 is 10.6 Å². The third kappa shape index (κ3) is 3.45. The largest absolute Gasteiger partial charge is 0.326 e. The van der Waals surface area contributed by atoms with E-state index >= 15 is 0 Å². The van der Waals surface area contributed by atoms with Gasteiger partial charge in [-0.15, -0.1) is 0 Å². The first-order chi connectivity index (χ1) is 14.1. The zero-order valence-corrected chi connectivity index (χ0v) is 15.8. The van der Waals surface area contributed by atoms with E-state index in [1.54, 1.807) is 65.4 Å². The van der Waals surface area contributed by atoms with E-state index in [0.717, 1.165) is 22.3 Å². The number of nitrogens with two attached hydrogens (primary N) is 1. The van der Waals surface area contributed by atoms with Crippen LogP contribution in [0.3, 0.4) is 0 Å². The number of aromatic nitrogens is 3. The molecular weight excluding hydrogens is 364 g/mol. The quantitative estimate of drug-likeness (QED) is 0.585. The van der Waals surface area contributed by atoms with E-state index in [-0.39, 0.29) is 5.91 Å². The van der Waals surface area contributed by atoms with Gasteiger partial charge in [-0.2, -0.15) is 10.4 Å². The summed E-state index contributed by atoms with van der Waals surface area (Å²) in [6, 6.07) is 16.3. The van der Waals surface area contributed by atoms with Crippen molar-refractivity contribution in [3.05, 3.63) is 83.8 Å². The van der Waals surface area contributed by atoms with Gasteiger partial charge in [0, 0.05) is 42.8 Å². The lowest BCUT2D eigenvalue weighted by atomic mass is 10.1. The van der Waals surface area contributed by atoms with Crippen LogP contribution in [0.5, 0.6) is 0 Å². The molecule has 0 spiro atoms. The van der Waals surface area contributed by atoms with Crippen molar-refractivity contribution >= 4 is 17.1 Å². The van der Waals surface area contributed by atoms with Crippen molar-refractivity contribution in [3.63, 3.8) is 0 Å². The summed E-state index contributed by atoms with van der Waals surface area (Å²) in [5.41, 5.74) is 10.8. The van der Waals surface area contributed by atoms with Gasteiger partial charge in [-0.25, -0.2) is 4.52 Å². The molecule has 0 aliphatic heterocycles. The molecule has 2 N–H and O–H groups in total. The first kappa shape index (κ1) is 18.3. The van der Waals surface area contributed by atoms with Gasteiger partial charge in [0.05, 0.1) is 29.0 Å². The molecule has 0 atom stereocenters. The number of pyridine rings is 2. The Balaban J connectivity index is 1.68. The second-order valence-electron chi connectivity index (χ2n) is 6.58. The van der Waals surface area contributed by atoms with Crippen molar-refractivity contribution < 1.29 is 4.79 Å². The molecule has 4 rings (SSSR count). The highest BCUT2D eigenvalue weighted by atomic mass is 16.2. The van der Waals surface area contributed by atoms with Crippen LogP contribution in [0.2, 0.25) is 0 Å². The zero-order chi connectivity index (χ0) is 20.4. The lowest BCUT2D eigenvalue weighted by Crippen LogP contribution is -2.26. The average molecular weight is 382 g/mol. The number of fused-ring (bicyclic) bond motifs is 1. The van der Waals surface area contributed by atoms with Gasteiger partial charge in [-0.3, -0.25) is 9.78 Å². The number of anilines is 1. The number of rotatable bonds is 4. The Bertz CT molecular complexity index is 1220. The normalized spacial score (nSPS) is 10.7. The number of carbonyl (C=O) groups excluding carboxylic acids is 1. The Kier molecular flexibility index (Phi) is 4.77. The van der Waals surface area contributed by atoms with Crippen molar-refractivity contribution in [2.24, 2.45) is 5.73 Å². The molecule has 0 aliphatic carbocycles. The number of hydrogen-bond donors (Lipinski definition) is 1. The molecule has 0 unspecified atom stereocenters. The monoisotopic (exact) mass is 382 g/mol. The van der Waals surface area contributed by atoms with Gasteiger partial charge in [0.15, 0.2) is 0 Å². The van der Waals surface area contributed by atoms with Crippen LogP contribution in [0.15, 0.2) is 67.1 Å². The van der Waals surface area contributed by atoms with Gasteiger partial charge < -0.3 is 10.6 Å². The van der Waals surface area contributed by atoms with Crippen LogP contribution >= 0.6 is 0 Å². The highest BCUT2D eigenvalue weighted by Crippen LogP contribution is 2.24. The Hall–Kier alpha value is -4.02. The van der Waals surface area contributed by atoms with Crippen molar-refractivity contribution in [2.75, 3.05) is 11.9 Å². The number of amides is 1. The van der Waals surface area contributed by atoms with Gasteiger partial charge in [-0.1, -0.05) is 6.07 Å². The average Bonchev–Trinajstić information content (AvgIpc) is 3.21. The van der Waals surface area contributed by atoms with Crippen LogP contribution in [-0.4, -0.2) is 27.6 Å². The molecule has 0 fully saturated rings. The SMILES string of the molecule is CN(C(=O)c1ccn2ncc(-c3ccc(CN)cn3)c2c1)c1ccc(C#N)cc1. The fraction of sp³-hybridized carbons (Fsp3) is 0.0909. The Morgan fingerprint density at radius 3 is 2.62 bits per heavy atom. The van der Waals surface area contributed by atoms with Gasteiger partial charge in [0.2, 0.25) is 0 Å². The maximum Gasteiger partial charge on any atom is 0.258 e. The Morgan fingerprint density at radius 2 is 1.97 bits per heavy atom. The summed E-state index contributed by atoms with van der Waals surface area (Å²) in [6.07, 6.45) is 5.23. The van der Waals surface area contributed by atoms with E-state index in [1.807, 2.05) is 18.2 Å². The second kappa shape index (κ2) is 7.54. The summed E-state index contributed by atoms with van der Waals surface area (Å²) >= 11 is 0. The van der Waals surface area contributed by atoms with Crippen LogP contribution in [0.1, 0.15) is 21.5 Å². The molecule has 142 valence electrons. The highest BCUT2D eigenvalue weighted by Gasteiger charge is 2.16. The molecule has 0 aliphatic rings. The number of benzene rings is 1. The molecule has 0 saturated heterocycles. The molecule has 0 saturated carbocycles. The molecule has 1 aromatic carbocycles. The van der Waals surface area contributed by atoms with Crippen molar-refractivity contribution in [2.45, 2.75) is 6.54 Å². The van der Waals surface area contributed by atoms with Crippen LogP contribution in [-0.2, 0) is 6.54 Å². The molecule has 7 heteroatoms. The minimum atomic E-state index is -0.157. The van der Waals surface area contributed by atoms with Gasteiger partial charge in [0.25, 0.3) is 5.91 Å². The summed E-state index contributed by atoms with van der Waals surface area (Å²) in [5.74, 6) is -0.157. The standard InChI is InChI=1S/C22H18N6O/c1-27(18-5-2-15(11-23)3-6-18)22(29)17-8-9-28-21(10-17)19(14-26-28)20-7-4-16(12-24)13-25-20/h2-10,13-14H,12,24H2,1H3. The van der Waals surface area contributed by atoms with Crippen molar-refractivity contribution in [1.29, 1.82) is 5.26 Å². The number of nitriles is 1. The minimum absolute atomic E-state index is 0.157. The molecular formula is C22H18N6O. The van der Waals surface area contributed by atoms with E-state index in [0.29, 0.717) is 23.4 Å². The van der Waals surface area contributed by atoms with Crippen molar-refractivity contribution in [3.8, 4) is 17.3 Å². The molecule has 3 aromatic heterocycles. The highest BCUT2D eigenvalue weighted by molar-refractivity contribution is 6.06. The summed E-state index contributed by atoms with van der Waals surface area (Å²) in [4.78, 5) is 19.0. The fourth-order valence-electron chi connectivity index (χ4n) is 3.09. The number of hydrogen-bond acceptors (Lipinski definition) is 5. The van der Waals surface area contributed by atoms with E-state index < -0.39 is 0 Å². The first-order valence-corrected chi connectivity index (χ1v) is 9.01. The van der Waals surface area contributed by atoms with Crippen LogP contribution in [0.25, 0.3) is 16.8 Å². The number of nitrogens with zero attached hydrogens (tertiary/aromatic N) is 5. The maximum absolute atomic E-state index is 13.0. The van der Waals surface area contributed by atoms with E-state index in [1.165, 1.54) is 0 Å². The zero-order valence-electron chi connectivity index (χ0n) is 15.8. The maximum atomic E-state index is 13.0. The topological polar surface area (TPSA) is 100 Å². The van der Waals surface area contributed by atoms with Gasteiger partial charge in [0.1, 0.15) is 0 Å². The lowest BCUT2D eigenvalue weighted by Gasteiger charge is -2.17. The van der Waals surface area contributed by atoms with Crippen LogP contribution in [0.4, 0.5) is 5.69 Å². The molecule has 7 nitrogen and oxygen atoms in total. The summed E-state index contributed by atoms with van der Waals surface area (Å²) in [5, 5.41) is 13.3. The molecule has 29 heavy (non-hydrogen) atoms. The number of carbonyl (C=O) groups is 1. The van der Waals surface area contributed by atoms with E-state index in [2.05, 4.69) is 16.2 Å². The van der Waals surface area contributed by atoms with Gasteiger partial charge >= 0.3 is 0 Å². The predicted octanol–water partition coefficient (Wildman–Crippen LogP) is 3.00. The molecule has 1 amide bonds. The second-order valence-corrected chi connectivity index (χ2v) is 6.58. The summed E-state index contributed by atoms with van der Waals surface area (Å²) < 4.78 is 1.71.